The molecule has 0 aliphatic rings. The standard InChI is InChI=1S/C13H20N2O2/c1-10-6-7-11(12(9-10)17-2)15-13(16)5-3-4-8-14/h6-7,9H,3-5,8,14H2,1-2H3,(H,15,16). The molecule has 1 amide bonds. The molecule has 0 atom stereocenters. The Labute approximate surface area is 102 Å². The maximum absolute atomic E-state index is 11.6. The van der Waals surface area contributed by atoms with Crippen LogP contribution in [0.2, 0.25) is 0 Å². The quantitative estimate of drug-likeness (QED) is 0.743. The molecule has 0 unspecified atom stereocenters. The normalized spacial score (nSPS) is 10.1. The highest BCUT2D eigenvalue weighted by atomic mass is 16.5. The first-order chi connectivity index (χ1) is 8.17. The van der Waals surface area contributed by atoms with E-state index in [-0.39, 0.29) is 5.91 Å². The van der Waals surface area contributed by atoms with Crippen LogP contribution in [0.5, 0.6) is 5.75 Å². The number of aryl methyl sites for hydroxylation is 1. The Hall–Kier alpha value is -1.55. The Bertz CT molecular complexity index is 378. The zero-order chi connectivity index (χ0) is 12.7. The van der Waals surface area contributed by atoms with E-state index in [9.17, 15) is 4.79 Å². The fourth-order valence-electron chi connectivity index (χ4n) is 1.54. The lowest BCUT2D eigenvalue weighted by Gasteiger charge is -2.10. The minimum Gasteiger partial charge on any atom is -0.495 e. The van der Waals surface area contributed by atoms with Crippen LogP contribution in [0.25, 0.3) is 0 Å². The summed E-state index contributed by atoms with van der Waals surface area (Å²) in [4.78, 5) is 11.6. The summed E-state index contributed by atoms with van der Waals surface area (Å²) in [5.41, 5.74) is 7.20. The molecule has 94 valence electrons. The second-order valence-corrected chi connectivity index (χ2v) is 4.00. The summed E-state index contributed by atoms with van der Waals surface area (Å²) >= 11 is 0. The van der Waals surface area contributed by atoms with Crippen molar-refractivity contribution in [3.05, 3.63) is 23.8 Å². The van der Waals surface area contributed by atoms with E-state index < -0.39 is 0 Å². The second-order valence-electron chi connectivity index (χ2n) is 4.00. The number of ether oxygens (including phenoxy) is 1. The first kappa shape index (κ1) is 13.5. The minimum absolute atomic E-state index is 0.000558. The SMILES string of the molecule is COc1cc(C)ccc1NC(=O)CCCCN. The Morgan fingerprint density at radius 2 is 2.18 bits per heavy atom. The Balaban J connectivity index is 2.58. The molecular formula is C13H20N2O2. The minimum atomic E-state index is 0.000558. The molecule has 0 fully saturated rings. The van der Waals surface area contributed by atoms with Gasteiger partial charge in [0.1, 0.15) is 5.75 Å². The Morgan fingerprint density at radius 3 is 2.82 bits per heavy atom. The molecule has 0 spiro atoms. The van der Waals surface area contributed by atoms with E-state index in [4.69, 9.17) is 10.5 Å². The maximum atomic E-state index is 11.6. The van der Waals surface area contributed by atoms with Crippen LogP contribution in [0.1, 0.15) is 24.8 Å². The predicted molar refractivity (Wildman–Crippen MR) is 69.3 cm³/mol. The highest BCUT2D eigenvalue weighted by molar-refractivity contribution is 5.92. The highest BCUT2D eigenvalue weighted by Crippen LogP contribution is 2.25. The summed E-state index contributed by atoms with van der Waals surface area (Å²) in [6, 6.07) is 5.70. The molecule has 0 aliphatic heterocycles. The van der Waals surface area contributed by atoms with Gasteiger partial charge in [-0.15, -0.1) is 0 Å². The molecule has 0 saturated heterocycles. The molecule has 1 aromatic rings. The monoisotopic (exact) mass is 236 g/mol. The van der Waals surface area contributed by atoms with Gasteiger partial charge in [0, 0.05) is 6.42 Å². The van der Waals surface area contributed by atoms with Crippen LogP contribution >= 0.6 is 0 Å². The van der Waals surface area contributed by atoms with Gasteiger partial charge < -0.3 is 15.8 Å². The first-order valence-electron chi connectivity index (χ1n) is 5.82. The van der Waals surface area contributed by atoms with Gasteiger partial charge in [0.2, 0.25) is 5.91 Å². The highest BCUT2D eigenvalue weighted by Gasteiger charge is 2.07. The molecule has 1 aromatic carbocycles. The van der Waals surface area contributed by atoms with Crippen LogP contribution in [-0.2, 0) is 4.79 Å². The van der Waals surface area contributed by atoms with Crippen molar-refractivity contribution in [3.63, 3.8) is 0 Å². The fraction of sp³-hybridized carbons (Fsp3) is 0.462. The number of methoxy groups -OCH3 is 1. The van der Waals surface area contributed by atoms with E-state index in [1.54, 1.807) is 7.11 Å². The van der Waals surface area contributed by atoms with E-state index in [0.29, 0.717) is 18.7 Å². The zero-order valence-electron chi connectivity index (χ0n) is 10.5. The molecule has 0 heterocycles. The van der Waals surface area contributed by atoms with Crippen molar-refractivity contribution in [2.45, 2.75) is 26.2 Å². The third kappa shape index (κ3) is 4.44. The number of benzene rings is 1. The number of nitrogens with two attached hydrogens (primary N) is 1. The zero-order valence-corrected chi connectivity index (χ0v) is 10.5. The largest absolute Gasteiger partial charge is 0.495 e. The molecular weight excluding hydrogens is 216 g/mol. The Morgan fingerprint density at radius 1 is 1.41 bits per heavy atom. The smallest absolute Gasteiger partial charge is 0.224 e. The van der Waals surface area contributed by atoms with Gasteiger partial charge in [-0.2, -0.15) is 0 Å². The number of carbonyl (C=O) groups excluding carboxylic acids is 1. The third-order valence-electron chi connectivity index (χ3n) is 2.49. The lowest BCUT2D eigenvalue weighted by Crippen LogP contribution is -2.12. The lowest BCUT2D eigenvalue weighted by atomic mass is 10.2. The predicted octanol–water partition coefficient (Wildman–Crippen LogP) is 2.07. The fourth-order valence-corrected chi connectivity index (χ4v) is 1.54. The average Bonchev–Trinajstić information content (AvgIpc) is 2.32. The van der Waals surface area contributed by atoms with Gasteiger partial charge in [0.15, 0.2) is 0 Å². The van der Waals surface area contributed by atoms with E-state index >= 15 is 0 Å². The van der Waals surface area contributed by atoms with Crippen molar-refractivity contribution in [2.24, 2.45) is 5.73 Å². The van der Waals surface area contributed by atoms with Crippen molar-refractivity contribution in [1.82, 2.24) is 0 Å². The van der Waals surface area contributed by atoms with Gasteiger partial charge in [0.05, 0.1) is 12.8 Å². The molecule has 17 heavy (non-hydrogen) atoms. The van der Waals surface area contributed by atoms with E-state index in [1.807, 2.05) is 25.1 Å². The number of anilines is 1. The first-order valence-corrected chi connectivity index (χ1v) is 5.82. The van der Waals surface area contributed by atoms with E-state index in [1.165, 1.54) is 0 Å². The molecule has 0 saturated carbocycles. The molecule has 3 N–H and O–H groups in total. The average molecular weight is 236 g/mol. The summed E-state index contributed by atoms with van der Waals surface area (Å²) in [5, 5.41) is 2.84. The number of carbonyl (C=O) groups is 1. The third-order valence-corrected chi connectivity index (χ3v) is 2.49. The number of hydrogen-bond donors (Lipinski definition) is 2. The number of rotatable bonds is 6. The van der Waals surface area contributed by atoms with Crippen molar-refractivity contribution in [1.29, 1.82) is 0 Å². The topological polar surface area (TPSA) is 64.3 Å². The summed E-state index contributed by atoms with van der Waals surface area (Å²) < 4.78 is 5.22. The molecule has 4 nitrogen and oxygen atoms in total. The van der Waals surface area contributed by atoms with Gasteiger partial charge in [-0.05, 0) is 44.0 Å². The van der Waals surface area contributed by atoms with Crippen LogP contribution in [0, 0.1) is 6.92 Å². The van der Waals surface area contributed by atoms with Crippen LogP contribution in [-0.4, -0.2) is 19.6 Å². The van der Waals surface area contributed by atoms with Crippen molar-refractivity contribution in [2.75, 3.05) is 19.0 Å². The molecule has 1 rings (SSSR count). The molecule has 0 bridgehead atoms. The van der Waals surface area contributed by atoms with Gasteiger partial charge in [-0.3, -0.25) is 4.79 Å². The maximum Gasteiger partial charge on any atom is 0.224 e. The van der Waals surface area contributed by atoms with Gasteiger partial charge in [-0.1, -0.05) is 6.07 Å². The van der Waals surface area contributed by atoms with Crippen molar-refractivity contribution in [3.8, 4) is 5.75 Å². The van der Waals surface area contributed by atoms with Gasteiger partial charge in [0.25, 0.3) is 0 Å². The number of hydrogen-bond acceptors (Lipinski definition) is 3. The lowest BCUT2D eigenvalue weighted by molar-refractivity contribution is -0.116. The Kier molecular flexibility index (Phi) is 5.49. The van der Waals surface area contributed by atoms with Crippen LogP contribution in [0.4, 0.5) is 5.69 Å². The van der Waals surface area contributed by atoms with E-state index in [0.717, 1.165) is 24.1 Å². The van der Waals surface area contributed by atoms with Crippen LogP contribution in [0.15, 0.2) is 18.2 Å². The van der Waals surface area contributed by atoms with Gasteiger partial charge in [-0.25, -0.2) is 0 Å². The summed E-state index contributed by atoms with van der Waals surface area (Å²) in [5.74, 6) is 0.692. The van der Waals surface area contributed by atoms with Crippen molar-refractivity contribution >= 4 is 11.6 Å². The van der Waals surface area contributed by atoms with Crippen LogP contribution < -0.4 is 15.8 Å². The summed E-state index contributed by atoms with van der Waals surface area (Å²) in [6.45, 7) is 2.61. The molecule has 4 heteroatoms. The molecule has 0 aliphatic carbocycles. The van der Waals surface area contributed by atoms with Crippen molar-refractivity contribution < 1.29 is 9.53 Å². The molecule has 0 radical (unpaired) electrons. The second kappa shape index (κ2) is 6.91. The summed E-state index contributed by atoms with van der Waals surface area (Å²) in [6.07, 6.45) is 2.18. The summed E-state index contributed by atoms with van der Waals surface area (Å²) in [7, 11) is 1.60. The number of nitrogens with one attached hydrogen (secondary N) is 1. The molecule has 0 aromatic heterocycles. The van der Waals surface area contributed by atoms with Gasteiger partial charge >= 0.3 is 0 Å². The number of unbranched alkanes of at least 4 members (excludes halogenated alkanes) is 1. The number of amides is 1. The van der Waals surface area contributed by atoms with Crippen LogP contribution in [0.3, 0.4) is 0 Å². The van der Waals surface area contributed by atoms with E-state index in [2.05, 4.69) is 5.32 Å².